The molecule has 1 aliphatic carbocycles. The molecule has 2 rings (SSSR count). The van der Waals surface area contributed by atoms with Gasteiger partial charge in [0, 0.05) is 10.5 Å². The summed E-state index contributed by atoms with van der Waals surface area (Å²) >= 11 is 3.28. The quantitative estimate of drug-likeness (QED) is 0.741. The number of carbonyl (C=O) groups excluding carboxylic acids is 1. The molecule has 1 saturated carbocycles. The first kappa shape index (κ1) is 16.5. The van der Waals surface area contributed by atoms with Gasteiger partial charge in [0.1, 0.15) is 6.54 Å². The number of esters is 1. The summed E-state index contributed by atoms with van der Waals surface area (Å²) in [6.45, 7) is -0.237. The third kappa shape index (κ3) is 3.84. The summed E-state index contributed by atoms with van der Waals surface area (Å²) < 4.78 is 32.3. The van der Waals surface area contributed by atoms with Gasteiger partial charge < -0.3 is 4.74 Å². The molecule has 0 bridgehead atoms. The van der Waals surface area contributed by atoms with Crippen LogP contribution < -0.4 is 0 Å². The summed E-state index contributed by atoms with van der Waals surface area (Å²) in [6.07, 6.45) is 3.54. The topological polar surface area (TPSA) is 63.7 Å². The van der Waals surface area contributed by atoms with Crippen molar-refractivity contribution in [2.45, 2.75) is 36.6 Å². The minimum absolute atomic E-state index is 0.127. The van der Waals surface area contributed by atoms with Crippen LogP contribution >= 0.6 is 15.9 Å². The van der Waals surface area contributed by atoms with Gasteiger partial charge in [-0.3, -0.25) is 4.79 Å². The summed E-state index contributed by atoms with van der Waals surface area (Å²) in [5.41, 5.74) is 0. The fraction of sp³-hybridized carbons (Fsp3) is 0.500. The number of hydrogen-bond acceptors (Lipinski definition) is 4. The van der Waals surface area contributed by atoms with Crippen LogP contribution in [0.3, 0.4) is 0 Å². The van der Waals surface area contributed by atoms with E-state index in [1.807, 2.05) is 0 Å². The molecule has 0 radical (unpaired) electrons. The van der Waals surface area contributed by atoms with E-state index in [0.717, 1.165) is 30.2 Å². The number of benzene rings is 1. The maximum Gasteiger partial charge on any atom is 0.321 e. The van der Waals surface area contributed by atoms with Crippen LogP contribution in [-0.4, -0.2) is 38.4 Å². The van der Waals surface area contributed by atoms with Crippen LogP contribution in [0.5, 0.6) is 0 Å². The van der Waals surface area contributed by atoms with E-state index in [2.05, 4.69) is 20.7 Å². The van der Waals surface area contributed by atoms with Crippen LogP contribution in [0.15, 0.2) is 33.6 Å². The van der Waals surface area contributed by atoms with Gasteiger partial charge >= 0.3 is 5.97 Å². The van der Waals surface area contributed by atoms with Gasteiger partial charge in [0.25, 0.3) is 0 Å². The average Bonchev–Trinajstić information content (AvgIpc) is 2.98. The van der Waals surface area contributed by atoms with Gasteiger partial charge in [0.2, 0.25) is 10.0 Å². The second-order valence-corrected chi connectivity index (χ2v) is 7.82. The van der Waals surface area contributed by atoms with Crippen molar-refractivity contribution in [3.8, 4) is 0 Å². The zero-order valence-electron chi connectivity index (χ0n) is 11.8. The smallest absolute Gasteiger partial charge is 0.321 e. The lowest BCUT2D eigenvalue weighted by molar-refractivity contribution is -0.141. The first-order valence-corrected chi connectivity index (χ1v) is 9.02. The number of hydrogen-bond donors (Lipinski definition) is 0. The number of methoxy groups -OCH3 is 1. The van der Waals surface area contributed by atoms with E-state index in [0.29, 0.717) is 0 Å². The van der Waals surface area contributed by atoms with Gasteiger partial charge in [-0.15, -0.1) is 0 Å². The summed E-state index contributed by atoms with van der Waals surface area (Å²) in [7, 11) is -2.43. The van der Waals surface area contributed by atoms with E-state index in [-0.39, 0.29) is 17.5 Å². The molecule has 21 heavy (non-hydrogen) atoms. The number of carbonyl (C=O) groups is 1. The normalized spacial score (nSPS) is 16.3. The summed E-state index contributed by atoms with van der Waals surface area (Å²) in [4.78, 5) is 11.8. The standard InChI is InChI=1S/C14H18BrNO4S/c1-20-14(17)10-16(12-4-2-3-5-12)21(18,19)13-8-6-11(15)7-9-13/h6-9,12H,2-5,10H2,1H3. The molecule has 0 unspecified atom stereocenters. The van der Waals surface area contributed by atoms with Crippen LogP contribution in [0.2, 0.25) is 0 Å². The Hall–Kier alpha value is -0.920. The first-order valence-electron chi connectivity index (χ1n) is 6.79. The summed E-state index contributed by atoms with van der Waals surface area (Å²) in [6, 6.07) is 6.31. The molecule has 1 fully saturated rings. The molecule has 0 N–H and O–H groups in total. The molecular formula is C14H18BrNO4S. The fourth-order valence-electron chi connectivity index (χ4n) is 2.54. The SMILES string of the molecule is COC(=O)CN(C1CCCC1)S(=O)(=O)c1ccc(Br)cc1. The van der Waals surface area contributed by atoms with Gasteiger partial charge in [-0.05, 0) is 37.1 Å². The molecule has 116 valence electrons. The molecule has 5 nitrogen and oxygen atoms in total. The molecule has 0 aromatic heterocycles. The predicted octanol–water partition coefficient (Wildman–Crippen LogP) is 2.56. The molecule has 7 heteroatoms. The second kappa shape index (κ2) is 6.89. The average molecular weight is 376 g/mol. The summed E-state index contributed by atoms with van der Waals surface area (Å²) in [5, 5.41) is 0. The van der Waals surface area contributed by atoms with Crippen molar-refractivity contribution in [2.75, 3.05) is 13.7 Å². The first-order chi connectivity index (χ1) is 9.95. The molecule has 0 amide bonds. The molecule has 0 saturated heterocycles. The highest BCUT2D eigenvalue weighted by Gasteiger charge is 2.34. The Balaban J connectivity index is 2.33. The van der Waals surface area contributed by atoms with Crippen molar-refractivity contribution in [1.29, 1.82) is 0 Å². The Labute approximate surface area is 133 Å². The predicted molar refractivity (Wildman–Crippen MR) is 82.3 cm³/mol. The van der Waals surface area contributed by atoms with E-state index in [4.69, 9.17) is 0 Å². The van der Waals surface area contributed by atoms with Crippen LogP contribution in [0.4, 0.5) is 0 Å². The van der Waals surface area contributed by atoms with Crippen molar-refractivity contribution in [3.05, 3.63) is 28.7 Å². The lowest BCUT2D eigenvalue weighted by Gasteiger charge is -2.27. The highest BCUT2D eigenvalue weighted by Crippen LogP contribution is 2.29. The summed E-state index contributed by atoms with van der Waals surface area (Å²) in [5.74, 6) is -0.539. The Morgan fingerprint density at radius 1 is 1.29 bits per heavy atom. The zero-order chi connectivity index (χ0) is 15.5. The number of ether oxygens (including phenoxy) is 1. The Morgan fingerprint density at radius 2 is 1.86 bits per heavy atom. The Kier molecular flexibility index (Phi) is 5.40. The van der Waals surface area contributed by atoms with Crippen LogP contribution in [0.1, 0.15) is 25.7 Å². The van der Waals surface area contributed by atoms with Gasteiger partial charge in [0.15, 0.2) is 0 Å². The van der Waals surface area contributed by atoms with Gasteiger partial charge in [-0.25, -0.2) is 8.42 Å². The maximum atomic E-state index is 12.8. The number of sulfonamides is 1. The van der Waals surface area contributed by atoms with E-state index in [9.17, 15) is 13.2 Å². The lowest BCUT2D eigenvalue weighted by atomic mass is 10.2. The third-order valence-corrected chi connectivity index (χ3v) is 6.11. The monoisotopic (exact) mass is 375 g/mol. The van der Waals surface area contributed by atoms with E-state index in [1.165, 1.54) is 11.4 Å². The van der Waals surface area contributed by atoms with Crippen LogP contribution in [0.25, 0.3) is 0 Å². The zero-order valence-corrected chi connectivity index (χ0v) is 14.2. The number of rotatable bonds is 5. The largest absolute Gasteiger partial charge is 0.468 e. The highest BCUT2D eigenvalue weighted by molar-refractivity contribution is 9.10. The van der Waals surface area contributed by atoms with Crippen LogP contribution in [0, 0.1) is 0 Å². The van der Waals surface area contributed by atoms with Gasteiger partial charge in [0.05, 0.1) is 12.0 Å². The Bertz CT molecular complexity index is 594. The Morgan fingerprint density at radius 3 is 2.38 bits per heavy atom. The van der Waals surface area contributed by atoms with Gasteiger partial charge in [-0.2, -0.15) is 4.31 Å². The molecule has 0 spiro atoms. The molecule has 1 aromatic carbocycles. The third-order valence-electron chi connectivity index (χ3n) is 3.66. The van der Waals surface area contributed by atoms with Crippen molar-refractivity contribution in [1.82, 2.24) is 4.31 Å². The molecule has 0 aliphatic heterocycles. The number of halogens is 1. The van der Waals surface area contributed by atoms with Crippen LogP contribution in [-0.2, 0) is 19.6 Å². The van der Waals surface area contributed by atoms with E-state index >= 15 is 0 Å². The maximum absolute atomic E-state index is 12.8. The van der Waals surface area contributed by atoms with Crippen molar-refractivity contribution >= 4 is 31.9 Å². The molecule has 0 atom stereocenters. The van der Waals surface area contributed by atoms with Crippen molar-refractivity contribution < 1.29 is 17.9 Å². The molecule has 1 aromatic rings. The van der Waals surface area contributed by atoms with Crippen molar-refractivity contribution in [2.24, 2.45) is 0 Å². The second-order valence-electron chi connectivity index (χ2n) is 5.02. The molecule has 1 aliphatic rings. The van der Waals surface area contributed by atoms with Gasteiger partial charge in [-0.1, -0.05) is 28.8 Å². The molecule has 0 heterocycles. The number of nitrogens with zero attached hydrogens (tertiary/aromatic N) is 1. The van der Waals surface area contributed by atoms with E-state index in [1.54, 1.807) is 24.3 Å². The minimum Gasteiger partial charge on any atom is -0.468 e. The van der Waals surface area contributed by atoms with Crippen molar-refractivity contribution in [3.63, 3.8) is 0 Å². The van der Waals surface area contributed by atoms with E-state index < -0.39 is 16.0 Å². The minimum atomic E-state index is -3.69. The molecular weight excluding hydrogens is 358 g/mol. The lowest BCUT2D eigenvalue weighted by Crippen LogP contribution is -2.42. The fourth-order valence-corrected chi connectivity index (χ4v) is 4.43. The highest BCUT2D eigenvalue weighted by atomic mass is 79.9.